The van der Waals surface area contributed by atoms with Gasteiger partial charge in [-0.05, 0) is 41.1 Å². The van der Waals surface area contributed by atoms with Crippen molar-refractivity contribution < 1.29 is 9.59 Å². The van der Waals surface area contributed by atoms with Crippen molar-refractivity contribution >= 4 is 34.3 Å². The second-order valence-electron chi connectivity index (χ2n) is 4.81. The van der Waals surface area contributed by atoms with E-state index < -0.39 is 0 Å². The summed E-state index contributed by atoms with van der Waals surface area (Å²) in [6.45, 7) is 2.23. The van der Waals surface area contributed by atoms with Gasteiger partial charge in [-0.1, -0.05) is 12.1 Å². The molecule has 1 fully saturated rings. The van der Waals surface area contributed by atoms with Crippen molar-refractivity contribution in [2.45, 2.75) is 6.42 Å². The number of carbonyl (C=O) groups is 2. The highest BCUT2D eigenvalue weighted by Crippen LogP contribution is 2.09. The Labute approximate surface area is 126 Å². The zero-order valence-corrected chi connectivity index (χ0v) is 13.1. The number of nitrogens with zero attached hydrogens (tertiary/aromatic N) is 2. The van der Waals surface area contributed by atoms with E-state index in [1.54, 1.807) is 4.90 Å². The summed E-state index contributed by atoms with van der Waals surface area (Å²) < 4.78 is 1.11. The van der Waals surface area contributed by atoms with E-state index in [1.807, 2.05) is 36.2 Å². The van der Waals surface area contributed by atoms with E-state index in [2.05, 4.69) is 22.6 Å². The molecule has 0 unspecified atom stereocenters. The molecule has 0 N–H and O–H groups in total. The van der Waals surface area contributed by atoms with Crippen LogP contribution >= 0.6 is 22.6 Å². The van der Waals surface area contributed by atoms with Gasteiger partial charge in [0.1, 0.15) is 0 Å². The first-order valence-corrected chi connectivity index (χ1v) is 7.39. The average molecular weight is 372 g/mol. The van der Waals surface area contributed by atoms with Gasteiger partial charge < -0.3 is 4.90 Å². The van der Waals surface area contributed by atoms with E-state index in [9.17, 15) is 9.59 Å². The van der Waals surface area contributed by atoms with Crippen molar-refractivity contribution in [2.24, 2.45) is 0 Å². The van der Waals surface area contributed by atoms with Crippen molar-refractivity contribution in [3.8, 4) is 0 Å². The van der Waals surface area contributed by atoms with Gasteiger partial charge in [0.25, 0.3) is 0 Å². The number of hydrogen-bond donors (Lipinski definition) is 0. The number of carbonyl (C=O) groups excluding carboxylic acids is 2. The first kappa shape index (κ1) is 14.5. The summed E-state index contributed by atoms with van der Waals surface area (Å²) in [5, 5.41) is 0. The van der Waals surface area contributed by atoms with Crippen molar-refractivity contribution in [3.63, 3.8) is 0 Å². The van der Waals surface area contributed by atoms with E-state index in [4.69, 9.17) is 0 Å². The number of halogens is 1. The largest absolute Gasteiger partial charge is 0.345 e. The molecule has 1 aromatic carbocycles. The number of amides is 1. The molecule has 102 valence electrons. The molecule has 1 aliphatic rings. The summed E-state index contributed by atoms with van der Waals surface area (Å²) in [4.78, 5) is 27.6. The Morgan fingerprint density at radius 1 is 1.26 bits per heavy atom. The highest BCUT2D eigenvalue weighted by atomic mass is 127. The van der Waals surface area contributed by atoms with Crippen LogP contribution in [0.4, 0.5) is 0 Å². The summed E-state index contributed by atoms with van der Waals surface area (Å²) in [6.07, 6.45) is 0.919. The molecule has 1 aromatic rings. The van der Waals surface area contributed by atoms with Crippen LogP contribution in [0.3, 0.4) is 0 Å². The third kappa shape index (κ3) is 4.01. The fourth-order valence-corrected chi connectivity index (χ4v) is 2.47. The molecule has 1 heterocycles. The molecule has 19 heavy (non-hydrogen) atoms. The van der Waals surface area contributed by atoms with Crippen molar-refractivity contribution in [3.05, 3.63) is 33.4 Å². The maximum atomic E-state index is 12.2. The summed E-state index contributed by atoms with van der Waals surface area (Å²) in [5.74, 6) is 0.168. The molecular weight excluding hydrogens is 355 g/mol. The average Bonchev–Trinajstić information content (AvgIpc) is 2.53. The highest BCUT2D eigenvalue weighted by Gasteiger charge is 2.21. The molecule has 1 amide bonds. The van der Waals surface area contributed by atoms with Gasteiger partial charge in [-0.15, -0.1) is 0 Å². The zero-order chi connectivity index (χ0) is 13.8. The summed E-state index contributed by atoms with van der Waals surface area (Å²) in [5.41, 5.74) is 0.713. The number of rotatable bonds is 3. The number of hydrogen-bond acceptors (Lipinski definition) is 3. The van der Waals surface area contributed by atoms with Crippen LogP contribution in [0, 0.1) is 3.57 Å². The first-order valence-electron chi connectivity index (χ1n) is 6.31. The van der Waals surface area contributed by atoms with E-state index >= 15 is 0 Å². The van der Waals surface area contributed by atoms with Crippen molar-refractivity contribution in [1.29, 1.82) is 0 Å². The summed E-state index contributed by atoms with van der Waals surface area (Å²) in [6, 6.07) is 7.54. The smallest absolute Gasteiger partial charge is 0.236 e. The molecule has 0 saturated carbocycles. The lowest BCUT2D eigenvalue weighted by molar-refractivity contribution is -0.129. The van der Waals surface area contributed by atoms with E-state index in [0.29, 0.717) is 18.7 Å². The molecule has 5 heteroatoms. The van der Waals surface area contributed by atoms with Crippen LogP contribution in [-0.4, -0.2) is 54.7 Å². The Hall–Kier alpha value is -0.950. The molecule has 0 radical (unpaired) electrons. The maximum absolute atomic E-state index is 12.2. The zero-order valence-electron chi connectivity index (χ0n) is 10.9. The fourth-order valence-electron chi connectivity index (χ4n) is 2.11. The molecule has 1 aliphatic heterocycles. The minimum atomic E-state index is 0.0775. The topological polar surface area (TPSA) is 40.6 Å². The molecule has 0 atom stereocenters. The van der Waals surface area contributed by atoms with Gasteiger partial charge in [0.05, 0.1) is 13.1 Å². The van der Waals surface area contributed by atoms with E-state index in [1.165, 1.54) is 0 Å². The van der Waals surface area contributed by atoms with E-state index in [0.717, 1.165) is 23.1 Å². The first-order chi connectivity index (χ1) is 9.06. The minimum absolute atomic E-state index is 0.0775. The molecule has 0 spiro atoms. The number of benzene rings is 1. The van der Waals surface area contributed by atoms with Crippen molar-refractivity contribution in [1.82, 2.24) is 9.80 Å². The number of Topliss-reactive ketones (excluding diaryl/α,β-unsaturated/α-hetero) is 1. The van der Waals surface area contributed by atoms with Crippen LogP contribution in [0.15, 0.2) is 24.3 Å². The molecular formula is C14H17IN2O2. The van der Waals surface area contributed by atoms with Gasteiger partial charge in [-0.2, -0.15) is 0 Å². The lowest BCUT2D eigenvalue weighted by Gasteiger charge is -2.18. The Bertz CT molecular complexity index is 473. The monoisotopic (exact) mass is 372 g/mol. The van der Waals surface area contributed by atoms with Gasteiger partial charge >= 0.3 is 0 Å². The highest BCUT2D eigenvalue weighted by molar-refractivity contribution is 14.1. The Balaban J connectivity index is 1.98. The molecule has 2 rings (SSSR count). The third-order valence-corrected chi connectivity index (χ3v) is 4.01. The SMILES string of the molecule is CN1CCCN(CC(=O)c2ccc(I)cc2)CC1=O. The quantitative estimate of drug-likeness (QED) is 0.599. The van der Waals surface area contributed by atoms with Crippen LogP contribution in [0.5, 0.6) is 0 Å². The Morgan fingerprint density at radius 3 is 2.63 bits per heavy atom. The van der Waals surface area contributed by atoms with Crippen LogP contribution < -0.4 is 0 Å². The van der Waals surface area contributed by atoms with Gasteiger partial charge in [0, 0.05) is 29.3 Å². The van der Waals surface area contributed by atoms with Crippen molar-refractivity contribution in [2.75, 3.05) is 33.2 Å². The number of likely N-dealkylation sites (N-methyl/N-ethyl adjacent to an activating group) is 1. The normalized spacial score (nSPS) is 17.4. The lowest BCUT2D eigenvalue weighted by Crippen LogP contribution is -2.37. The Morgan fingerprint density at radius 2 is 1.95 bits per heavy atom. The molecule has 1 saturated heterocycles. The van der Waals surface area contributed by atoms with Crippen LogP contribution in [0.2, 0.25) is 0 Å². The van der Waals surface area contributed by atoms with Gasteiger partial charge in [-0.3, -0.25) is 14.5 Å². The fraction of sp³-hybridized carbons (Fsp3) is 0.429. The lowest BCUT2D eigenvalue weighted by atomic mass is 10.1. The maximum Gasteiger partial charge on any atom is 0.236 e. The summed E-state index contributed by atoms with van der Waals surface area (Å²) in [7, 11) is 1.81. The molecule has 0 aliphatic carbocycles. The van der Waals surface area contributed by atoms with Crippen LogP contribution in [-0.2, 0) is 4.79 Å². The Kier molecular flexibility index (Phi) is 4.93. The van der Waals surface area contributed by atoms with Crippen LogP contribution in [0.25, 0.3) is 0 Å². The van der Waals surface area contributed by atoms with Gasteiger partial charge in [-0.25, -0.2) is 0 Å². The second kappa shape index (κ2) is 6.47. The van der Waals surface area contributed by atoms with Gasteiger partial charge in [0.15, 0.2) is 5.78 Å². The van der Waals surface area contributed by atoms with E-state index in [-0.39, 0.29) is 11.7 Å². The van der Waals surface area contributed by atoms with Crippen LogP contribution in [0.1, 0.15) is 16.8 Å². The predicted octanol–water partition coefficient (Wildman–Crippen LogP) is 1.64. The standard InChI is InChI=1S/C14H17IN2O2/c1-16-7-2-8-17(10-14(16)19)9-13(18)11-3-5-12(15)6-4-11/h3-6H,2,7-10H2,1H3. The minimum Gasteiger partial charge on any atom is -0.345 e. The molecule has 0 bridgehead atoms. The second-order valence-corrected chi connectivity index (χ2v) is 6.06. The third-order valence-electron chi connectivity index (χ3n) is 3.29. The molecule has 0 aromatic heterocycles. The summed E-state index contributed by atoms with van der Waals surface area (Å²) >= 11 is 2.21. The molecule has 4 nitrogen and oxygen atoms in total. The van der Waals surface area contributed by atoms with Gasteiger partial charge in [0.2, 0.25) is 5.91 Å². The predicted molar refractivity (Wildman–Crippen MR) is 82.2 cm³/mol. The number of ketones is 1.